The Morgan fingerprint density at radius 1 is 1.55 bits per heavy atom. The maximum Gasteiger partial charge on any atom is 0.410 e. The van der Waals surface area contributed by atoms with E-state index in [0.29, 0.717) is 26.2 Å². The smallest absolute Gasteiger partial charge is 0.410 e. The van der Waals surface area contributed by atoms with Gasteiger partial charge in [0.15, 0.2) is 0 Å². The Morgan fingerprint density at radius 3 is 3.00 bits per heavy atom. The number of hydrogen-bond acceptors (Lipinski definition) is 5. The van der Waals surface area contributed by atoms with Crippen LogP contribution in [0.5, 0.6) is 0 Å². The fraction of sp³-hybridized carbons (Fsp3) is 0.615. The summed E-state index contributed by atoms with van der Waals surface area (Å²) in [5.41, 5.74) is 0.497. The van der Waals surface area contributed by atoms with E-state index in [9.17, 15) is 4.79 Å². The number of amidine groups is 1. The largest absolute Gasteiger partial charge is 0.444 e. The van der Waals surface area contributed by atoms with E-state index in [2.05, 4.69) is 20.3 Å². The second kappa shape index (κ2) is 5.94. The zero-order chi connectivity index (χ0) is 14.6. The third-order valence-electron chi connectivity index (χ3n) is 2.70. The minimum absolute atomic E-state index is 0.298. The minimum Gasteiger partial charge on any atom is -0.444 e. The molecular weight excluding hydrogens is 258 g/mol. The third-order valence-corrected chi connectivity index (χ3v) is 2.70. The fourth-order valence-corrected chi connectivity index (χ4v) is 1.79. The summed E-state index contributed by atoms with van der Waals surface area (Å²) in [6.45, 7) is 7.82. The standard InChI is InChI=1S/C13H21N5O2/c1-13(2,3)20-12(19)18-5-4-15-11(8-18)16-7-10-6-14-9-17-10/h6,9H,4-5,7-8H2,1-3H3,(H,14,17)(H,15,16). The predicted octanol–water partition coefficient (Wildman–Crippen LogP) is 1.15. The summed E-state index contributed by atoms with van der Waals surface area (Å²) in [7, 11) is 0. The lowest BCUT2D eigenvalue weighted by atomic mass is 10.2. The van der Waals surface area contributed by atoms with E-state index in [0.717, 1.165) is 11.5 Å². The second-order valence-corrected chi connectivity index (χ2v) is 5.66. The van der Waals surface area contributed by atoms with Gasteiger partial charge in [-0.25, -0.2) is 9.78 Å². The summed E-state index contributed by atoms with van der Waals surface area (Å²) in [4.78, 5) is 25.0. The van der Waals surface area contributed by atoms with Crippen LogP contribution in [0.3, 0.4) is 0 Å². The Hall–Kier alpha value is -2.05. The number of imidazole rings is 1. The van der Waals surface area contributed by atoms with Crippen LogP contribution in [0.2, 0.25) is 0 Å². The molecule has 7 heteroatoms. The van der Waals surface area contributed by atoms with Crippen molar-refractivity contribution in [2.45, 2.75) is 32.9 Å². The molecule has 1 aliphatic heterocycles. The lowest BCUT2D eigenvalue weighted by molar-refractivity contribution is 0.0276. The van der Waals surface area contributed by atoms with Crippen LogP contribution in [-0.2, 0) is 11.3 Å². The number of aromatic nitrogens is 2. The summed E-state index contributed by atoms with van der Waals surface area (Å²) in [6, 6.07) is 0. The van der Waals surface area contributed by atoms with Crippen molar-refractivity contribution in [3.63, 3.8) is 0 Å². The SMILES string of the molecule is CC(C)(C)OC(=O)N1CCN=C(NCc2cnc[nH]2)C1. The van der Waals surface area contributed by atoms with Gasteiger partial charge in [0.05, 0.1) is 31.7 Å². The molecule has 1 aromatic heterocycles. The lowest BCUT2D eigenvalue weighted by Gasteiger charge is -2.29. The molecule has 2 rings (SSSR count). The van der Waals surface area contributed by atoms with Crippen LogP contribution in [0.15, 0.2) is 17.5 Å². The topological polar surface area (TPSA) is 82.6 Å². The molecule has 0 spiro atoms. The molecule has 2 heterocycles. The zero-order valence-corrected chi connectivity index (χ0v) is 12.1. The molecule has 7 nitrogen and oxygen atoms in total. The van der Waals surface area contributed by atoms with Crippen LogP contribution in [0.25, 0.3) is 0 Å². The maximum atomic E-state index is 12.0. The number of nitrogens with zero attached hydrogens (tertiary/aromatic N) is 3. The molecule has 0 fully saturated rings. The molecule has 0 saturated carbocycles. The van der Waals surface area contributed by atoms with Crippen molar-refractivity contribution in [2.24, 2.45) is 4.99 Å². The van der Waals surface area contributed by atoms with Gasteiger partial charge in [-0.2, -0.15) is 0 Å². The predicted molar refractivity (Wildman–Crippen MR) is 75.5 cm³/mol. The molecule has 0 aromatic carbocycles. The van der Waals surface area contributed by atoms with E-state index < -0.39 is 5.60 Å². The van der Waals surface area contributed by atoms with E-state index in [1.165, 1.54) is 0 Å². The Labute approximate surface area is 118 Å². The highest BCUT2D eigenvalue weighted by Crippen LogP contribution is 2.11. The van der Waals surface area contributed by atoms with Gasteiger partial charge in [-0.15, -0.1) is 0 Å². The number of ether oxygens (including phenoxy) is 1. The van der Waals surface area contributed by atoms with Crippen molar-refractivity contribution in [3.8, 4) is 0 Å². The number of amides is 1. The van der Waals surface area contributed by atoms with Gasteiger partial charge in [-0.1, -0.05) is 0 Å². The van der Waals surface area contributed by atoms with Gasteiger partial charge in [0.2, 0.25) is 0 Å². The zero-order valence-electron chi connectivity index (χ0n) is 12.1. The maximum absolute atomic E-state index is 12.0. The third kappa shape index (κ3) is 4.25. The van der Waals surface area contributed by atoms with Crippen molar-refractivity contribution < 1.29 is 9.53 Å². The normalized spacial score (nSPS) is 15.8. The average Bonchev–Trinajstić information content (AvgIpc) is 2.88. The summed E-state index contributed by atoms with van der Waals surface area (Å²) < 4.78 is 5.36. The van der Waals surface area contributed by atoms with E-state index in [1.807, 2.05) is 20.8 Å². The highest BCUT2D eigenvalue weighted by Gasteiger charge is 2.24. The van der Waals surface area contributed by atoms with Crippen molar-refractivity contribution in [1.82, 2.24) is 20.2 Å². The van der Waals surface area contributed by atoms with Crippen LogP contribution in [0.1, 0.15) is 26.5 Å². The first-order valence-electron chi connectivity index (χ1n) is 6.66. The number of aliphatic imine (C=N–C) groups is 1. The van der Waals surface area contributed by atoms with Gasteiger partial charge in [0, 0.05) is 12.7 Å². The molecule has 20 heavy (non-hydrogen) atoms. The average molecular weight is 279 g/mol. The first-order valence-corrected chi connectivity index (χ1v) is 6.66. The molecule has 0 bridgehead atoms. The summed E-state index contributed by atoms with van der Waals surface area (Å²) in [6.07, 6.45) is 3.09. The molecule has 0 aliphatic carbocycles. The second-order valence-electron chi connectivity index (χ2n) is 5.66. The van der Waals surface area contributed by atoms with Crippen LogP contribution in [0.4, 0.5) is 4.79 Å². The Bertz CT molecular complexity index is 475. The molecule has 1 aliphatic rings. The quantitative estimate of drug-likeness (QED) is 0.850. The number of hydrogen-bond donors (Lipinski definition) is 2. The first-order chi connectivity index (χ1) is 9.44. The van der Waals surface area contributed by atoms with Crippen molar-refractivity contribution in [3.05, 3.63) is 18.2 Å². The number of carbonyl (C=O) groups excluding carboxylic acids is 1. The molecule has 0 radical (unpaired) electrons. The molecule has 110 valence electrons. The van der Waals surface area contributed by atoms with Crippen LogP contribution in [-0.4, -0.2) is 52.0 Å². The van der Waals surface area contributed by atoms with Gasteiger partial charge >= 0.3 is 6.09 Å². The number of nitrogens with one attached hydrogen (secondary N) is 2. The molecular formula is C13H21N5O2. The van der Waals surface area contributed by atoms with Gasteiger partial charge in [-0.3, -0.25) is 9.89 Å². The van der Waals surface area contributed by atoms with Crippen LogP contribution >= 0.6 is 0 Å². The number of aromatic amines is 1. The Kier molecular flexibility index (Phi) is 4.26. The first kappa shape index (κ1) is 14.4. The van der Waals surface area contributed by atoms with E-state index in [1.54, 1.807) is 17.4 Å². The number of rotatable bonds is 2. The summed E-state index contributed by atoms with van der Waals surface area (Å²) in [5, 5.41) is 3.20. The van der Waals surface area contributed by atoms with Gasteiger partial charge in [0.1, 0.15) is 11.4 Å². The van der Waals surface area contributed by atoms with E-state index in [-0.39, 0.29) is 6.09 Å². The molecule has 1 amide bonds. The summed E-state index contributed by atoms with van der Waals surface area (Å²) >= 11 is 0. The minimum atomic E-state index is -0.477. The highest BCUT2D eigenvalue weighted by molar-refractivity contribution is 5.87. The lowest BCUT2D eigenvalue weighted by Crippen LogP contribution is -2.47. The van der Waals surface area contributed by atoms with E-state index >= 15 is 0 Å². The Balaban J connectivity index is 1.84. The number of carbonyl (C=O) groups is 1. The van der Waals surface area contributed by atoms with Crippen LogP contribution < -0.4 is 5.32 Å². The highest BCUT2D eigenvalue weighted by atomic mass is 16.6. The molecule has 0 atom stereocenters. The molecule has 2 N–H and O–H groups in total. The van der Waals surface area contributed by atoms with Gasteiger partial charge in [-0.05, 0) is 20.8 Å². The molecule has 1 aromatic rings. The number of H-pyrrole nitrogens is 1. The fourth-order valence-electron chi connectivity index (χ4n) is 1.79. The van der Waals surface area contributed by atoms with Crippen molar-refractivity contribution in [2.75, 3.05) is 19.6 Å². The molecule has 0 unspecified atom stereocenters. The monoisotopic (exact) mass is 279 g/mol. The van der Waals surface area contributed by atoms with Gasteiger partial charge in [0.25, 0.3) is 0 Å². The molecule has 0 saturated heterocycles. The van der Waals surface area contributed by atoms with Gasteiger partial charge < -0.3 is 15.0 Å². The Morgan fingerprint density at radius 2 is 2.35 bits per heavy atom. The van der Waals surface area contributed by atoms with Crippen LogP contribution in [0, 0.1) is 0 Å². The van der Waals surface area contributed by atoms with Crippen molar-refractivity contribution >= 4 is 11.9 Å². The summed E-state index contributed by atoms with van der Waals surface area (Å²) in [5.74, 6) is 0.789. The van der Waals surface area contributed by atoms with E-state index in [4.69, 9.17) is 4.74 Å². The van der Waals surface area contributed by atoms with Crippen molar-refractivity contribution in [1.29, 1.82) is 0 Å².